The largest absolute Gasteiger partial charge is 0.444 e. The molecule has 0 radical (unpaired) electrons. The lowest BCUT2D eigenvalue weighted by molar-refractivity contribution is 0.0292. The number of fused-ring (bicyclic) bond motifs is 1. The van der Waals surface area contributed by atoms with Crippen LogP contribution in [0.25, 0.3) is 22.2 Å². The van der Waals surface area contributed by atoms with Crippen LogP contribution in [-0.2, 0) is 11.3 Å². The Morgan fingerprint density at radius 1 is 1.19 bits per heavy atom. The summed E-state index contributed by atoms with van der Waals surface area (Å²) in [7, 11) is 1.72. The fraction of sp³-hybridized carbons (Fsp3) is 0.400. The first kappa shape index (κ1) is 18.8. The van der Waals surface area contributed by atoms with Crippen molar-refractivity contribution in [3.63, 3.8) is 0 Å². The summed E-state index contributed by atoms with van der Waals surface area (Å²) in [5.41, 5.74) is 4.13. The minimum absolute atomic E-state index is 0.338. The number of carbonyl (C=O) groups is 1. The molecule has 0 N–H and O–H groups in total. The molecule has 0 unspecified atom stereocenters. The zero-order chi connectivity index (χ0) is 19.6. The molecule has 0 saturated carbocycles. The van der Waals surface area contributed by atoms with Crippen molar-refractivity contribution in [2.45, 2.75) is 39.8 Å². The van der Waals surface area contributed by atoms with Gasteiger partial charge in [0.2, 0.25) is 0 Å². The van der Waals surface area contributed by atoms with Gasteiger partial charge in [0.15, 0.2) is 0 Å². The van der Waals surface area contributed by atoms with E-state index >= 15 is 0 Å². The molecule has 0 aliphatic heterocycles. The molecule has 7 heteroatoms. The van der Waals surface area contributed by atoms with E-state index in [1.807, 2.05) is 63.0 Å². The smallest absolute Gasteiger partial charge is 0.410 e. The number of amides is 1. The van der Waals surface area contributed by atoms with Gasteiger partial charge in [0.25, 0.3) is 0 Å². The van der Waals surface area contributed by atoms with Crippen molar-refractivity contribution in [1.82, 2.24) is 24.6 Å². The van der Waals surface area contributed by atoms with Crippen molar-refractivity contribution in [2.24, 2.45) is 0 Å². The van der Waals surface area contributed by atoms with E-state index in [0.29, 0.717) is 13.1 Å². The van der Waals surface area contributed by atoms with Gasteiger partial charge in [-0.1, -0.05) is 0 Å². The molecule has 142 valence electrons. The maximum absolute atomic E-state index is 12.0. The van der Waals surface area contributed by atoms with Gasteiger partial charge in [-0.25, -0.2) is 4.79 Å². The SMILES string of the molecule is Cc1ccc2ncc(-c3cnn(CCN(C)C(=O)OC(C)(C)C)c3)cc2n1. The Bertz CT molecular complexity index is 958. The molecule has 0 saturated heterocycles. The number of likely N-dealkylation sites (N-methyl/N-ethyl adjacent to an activating group) is 1. The Hall–Kier alpha value is -2.96. The van der Waals surface area contributed by atoms with Gasteiger partial charge in [-0.3, -0.25) is 14.6 Å². The zero-order valence-electron chi connectivity index (χ0n) is 16.4. The monoisotopic (exact) mass is 367 g/mol. The minimum Gasteiger partial charge on any atom is -0.444 e. The highest BCUT2D eigenvalue weighted by Gasteiger charge is 2.19. The predicted molar refractivity (Wildman–Crippen MR) is 104 cm³/mol. The molecule has 27 heavy (non-hydrogen) atoms. The third-order valence-electron chi connectivity index (χ3n) is 4.01. The number of rotatable bonds is 4. The van der Waals surface area contributed by atoms with Crippen LogP contribution in [0.5, 0.6) is 0 Å². The number of aryl methyl sites for hydroxylation is 1. The summed E-state index contributed by atoms with van der Waals surface area (Å²) < 4.78 is 7.16. The number of hydrogen-bond donors (Lipinski definition) is 0. The summed E-state index contributed by atoms with van der Waals surface area (Å²) in [6.45, 7) is 8.61. The van der Waals surface area contributed by atoms with Crippen LogP contribution in [0.1, 0.15) is 26.5 Å². The Morgan fingerprint density at radius 2 is 1.96 bits per heavy atom. The number of nitrogens with zero attached hydrogens (tertiary/aromatic N) is 5. The molecule has 0 bridgehead atoms. The highest BCUT2D eigenvalue weighted by molar-refractivity contribution is 5.79. The summed E-state index contributed by atoms with van der Waals surface area (Å²) in [5, 5.41) is 4.39. The molecule has 3 rings (SSSR count). The van der Waals surface area contributed by atoms with E-state index in [9.17, 15) is 4.79 Å². The Kier molecular flexibility index (Phi) is 5.12. The molecule has 0 aromatic carbocycles. The second kappa shape index (κ2) is 7.34. The average molecular weight is 367 g/mol. The van der Waals surface area contributed by atoms with Crippen molar-refractivity contribution < 1.29 is 9.53 Å². The number of pyridine rings is 2. The van der Waals surface area contributed by atoms with Gasteiger partial charge in [0.1, 0.15) is 5.60 Å². The first-order chi connectivity index (χ1) is 12.7. The summed E-state index contributed by atoms with van der Waals surface area (Å²) in [4.78, 5) is 22.6. The molecule has 0 aliphatic carbocycles. The van der Waals surface area contributed by atoms with Crippen LogP contribution in [0.4, 0.5) is 4.79 Å². The number of hydrogen-bond acceptors (Lipinski definition) is 5. The summed E-state index contributed by atoms with van der Waals surface area (Å²) >= 11 is 0. The minimum atomic E-state index is -0.500. The Morgan fingerprint density at radius 3 is 2.70 bits per heavy atom. The summed E-state index contributed by atoms with van der Waals surface area (Å²) in [5.74, 6) is 0. The second-order valence-electron chi connectivity index (χ2n) is 7.61. The van der Waals surface area contributed by atoms with E-state index in [2.05, 4.69) is 15.1 Å². The van der Waals surface area contributed by atoms with E-state index in [4.69, 9.17) is 4.74 Å². The van der Waals surface area contributed by atoms with Gasteiger partial charge in [0.05, 0.1) is 23.8 Å². The maximum Gasteiger partial charge on any atom is 0.410 e. The Balaban J connectivity index is 1.67. The molecule has 0 spiro atoms. The van der Waals surface area contributed by atoms with Gasteiger partial charge in [0, 0.05) is 42.8 Å². The van der Waals surface area contributed by atoms with Crippen LogP contribution in [0, 0.1) is 6.92 Å². The highest BCUT2D eigenvalue weighted by atomic mass is 16.6. The van der Waals surface area contributed by atoms with Crippen LogP contribution in [0.3, 0.4) is 0 Å². The molecular weight excluding hydrogens is 342 g/mol. The molecule has 0 aliphatic rings. The van der Waals surface area contributed by atoms with Gasteiger partial charge >= 0.3 is 6.09 Å². The molecule has 7 nitrogen and oxygen atoms in total. The van der Waals surface area contributed by atoms with Gasteiger partial charge in [-0.05, 0) is 45.9 Å². The summed E-state index contributed by atoms with van der Waals surface area (Å²) in [6.07, 6.45) is 5.23. The lowest BCUT2D eigenvalue weighted by Crippen LogP contribution is -2.35. The van der Waals surface area contributed by atoms with Crippen molar-refractivity contribution in [2.75, 3.05) is 13.6 Å². The second-order valence-corrected chi connectivity index (χ2v) is 7.61. The maximum atomic E-state index is 12.0. The first-order valence-electron chi connectivity index (χ1n) is 8.92. The molecule has 1 amide bonds. The van der Waals surface area contributed by atoms with E-state index in [0.717, 1.165) is 27.9 Å². The van der Waals surface area contributed by atoms with Crippen LogP contribution < -0.4 is 0 Å². The number of carbonyl (C=O) groups excluding carboxylic acids is 1. The van der Waals surface area contributed by atoms with Crippen LogP contribution >= 0.6 is 0 Å². The van der Waals surface area contributed by atoms with Crippen LogP contribution in [0.2, 0.25) is 0 Å². The normalized spacial score (nSPS) is 11.6. The van der Waals surface area contributed by atoms with E-state index in [-0.39, 0.29) is 6.09 Å². The molecular formula is C20H25N5O2. The van der Waals surface area contributed by atoms with Crippen LogP contribution in [0.15, 0.2) is 36.8 Å². The van der Waals surface area contributed by atoms with E-state index < -0.39 is 5.60 Å². The summed E-state index contributed by atoms with van der Waals surface area (Å²) in [6, 6.07) is 5.94. The standard InChI is InChI=1S/C20H25N5O2/c1-14-6-7-17-18(23-14)10-15(11-21-17)16-12-22-25(13-16)9-8-24(5)19(26)27-20(2,3)4/h6-7,10-13H,8-9H2,1-5H3. The first-order valence-corrected chi connectivity index (χ1v) is 8.92. The fourth-order valence-electron chi connectivity index (χ4n) is 2.58. The van der Waals surface area contributed by atoms with Gasteiger partial charge < -0.3 is 9.64 Å². The topological polar surface area (TPSA) is 73.1 Å². The molecule has 3 heterocycles. The van der Waals surface area contributed by atoms with Crippen LogP contribution in [-0.4, -0.2) is 49.9 Å². The van der Waals surface area contributed by atoms with Crippen molar-refractivity contribution >= 4 is 17.1 Å². The number of aromatic nitrogens is 4. The zero-order valence-corrected chi connectivity index (χ0v) is 16.4. The quantitative estimate of drug-likeness (QED) is 0.703. The van der Waals surface area contributed by atoms with Gasteiger partial charge in [-0.2, -0.15) is 5.10 Å². The Labute approximate surface area is 159 Å². The highest BCUT2D eigenvalue weighted by Crippen LogP contribution is 2.21. The molecule has 3 aromatic rings. The third kappa shape index (κ3) is 4.81. The number of ether oxygens (including phenoxy) is 1. The predicted octanol–water partition coefficient (Wildman–Crippen LogP) is 3.67. The van der Waals surface area contributed by atoms with Crippen molar-refractivity contribution in [3.05, 3.63) is 42.5 Å². The van der Waals surface area contributed by atoms with Crippen molar-refractivity contribution in [3.8, 4) is 11.1 Å². The molecule has 3 aromatic heterocycles. The lowest BCUT2D eigenvalue weighted by Gasteiger charge is -2.24. The molecule has 0 fully saturated rings. The van der Waals surface area contributed by atoms with Crippen molar-refractivity contribution in [1.29, 1.82) is 0 Å². The van der Waals surface area contributed by atoms with Gasteiger partial charge in [-0.15, -0.1) is 0 Å². The lowest BCUT2D eigenvalue weighted by atomic mass is 10.1. The van der Waals surface area contributed by atoms with E-state index in [1.165, 1.54) is 0 Å². The van der Waals surface area contributed by atoms with E-state index in [1.54, 1.807) is 18.1 Å². The third-order valence-corrected chi connectivity index (χ3v) is 4.01. The molecule has 0 atom stereocenters. The average Bonchev–Trinajstić information content (AvgIpc) is 3.06. The fourth-order valence-corrected chi connectivity index (χ4v) is 2.58.